The highest BCUT2D eigenvalue weighted by Gasteiger charge is 2.16. The number of hydrogen-bond acceptors (Lipinski definition) is 9. The molecule has 0 bridgehead atoms. The van der Waals surface area contributed by atoms with E-state index in [1.807, 2.05) is 42.5 Å². The average molecular weight is 447 g/mol. The van der Waals surface area contributed by atoms with Crippen LogP contribution < -0.4 is 15.0 Å². The van der Waals surface area contributed by atoms with Gasteiger partial charge in [-0.1, -0.05) is 30.3 Å². The molecule has 0 unspecified atom stereocenters. The highest BCUT2D eigenvalue weighted by Crippen LogP contribution is 2.22. The van der Waals surface area contributed by atoms with Gasteiger partial charge in [0.2, 0.25) is 11.9 Å². The third-order valence-corrected chi connectivity index (χ3v) is 4.98. The van der Waals surface area contributed by atoms with Gasteiger partial charge in [0, 0.05) is 18.8 Å². The van der Waals surface area contributed by atoms with E-state index in [2.05, 4.69) is 35.4 Å². The smallest absolute Gasteiger partial charge is 0.341 e. The number of piperidine rings is 1. The number of para-hydroxylation sites is 1. The largest absolute Gasteiger partial charge is 0.482 e. The number of hydrogen-bond donors (Lipinski definition) is 2. The Bertz CT molecular complexity index is 1080. The number of anilines is 3. The van der Waals surface area contributed by atoms with Crippen LogP contribution in [0.4, 0.5) is 23.5 Å². The number of aromatic nitrogens is 3. The molecule has 1 saturated heterocycles. The van der Waals surface area contributed by atoms with Gasteiger partial charge in [0.15, 0.2) is 6.61 Å². The van der Waals surface area contributed by atoms with E-state index < -0.39 is 5.97 Å². The zero-order chi connectivity index (χ0) is 22.9. The summed E-state index contributed by atoms with van der Waals surface area (Å²) in [5, 5.41) is 20.4. The summed E-state index contributed by atoms with van der Waals surface area (Å²) in [7, 11) is 0. The summed E-state index contributed by atoms with van der Waals surface area (Å²) in [6.45, 7) is 1.76. The van der Waals surface area contributed by atoms with E-state index in [9.17, 15) is 4.79 Å². The van der Waals surface area contributed by atoms with Crippen LogP contribution in [0.1, 0.15) is 24.8 Å². The molecule has 170 valence electrons. The van der Waals surface area contributed by atoms with Crippen molar-refractivity contribution in [2.75, 3.05) is 29.9 Å². The van der Waals surface area contributed by atoms with Gasteiger partial charge >= 0.3 is 5.97 Å². The number of nitrogens with zero attached hydrogens (tertiary/aromatic N) is 6. The van der Waals surface area contributed by atoms with Crippen molar-refractivity contribution < 1.29 is 14.6 Å². The number of ether oxygens (including phenoxy) is 1. The minimum Gasteiger partial charge on any atom is -0.482 e. The van der Waals surface area contributed by atoms with Crippen molar-refractivity contribution in [1.29, 1.82) is 0 Å². The van der Waals surface area contributed by atoms with Crippen LogP contribution in [0.2, 0.25) is 0 Å². The molecule has 1 aromatic heterocycles. The fraction of sp³-hybridized carbons (Fsp3) is 0.304. The van der Waals surface area contributed by atoms with Gasteiger partial charge in [-0.3, -0.25) is 0 Å². The predicted molar refractivity (Wildman–Crippen MR) is 123 cm³/mol. The summed E-state index contributed by atoms with van der Waals surface area (Å²) in [6.07, 6.45) is 3.43. The minimum atomic E-state index is -1.02. The maximum absolute atomic E-state index is 10.6. The van der Waals surface area contributed by atoms with Crippen LogP contribution in [-0.2, 0) is 11.3 Å². The number of carboxylic acid groups (broad SMARTS) is 1. The number of rotatable bonds is 9. The Labute approximate surface area is 191 Å². The van der Waals surface area contributed by atoms with Crippen molar-refractivity contribution >= 4 is 29.5 Å². The highest BCUT2D eigenvalue weighted by atomic mass is 16.5. The maximum Gasteiger partial charge on any atom is 0.341 e. The van der Waals surface area contributed by atoms with Gasteiger partial charge in [0.25, 0.3) is 5.95 Å². The minimum absolute atomic E-state index is 0.241. The first kappa shape index (κ1) is 22.1. The second-order valence-corrected chi connectivity index (χ2v) is 7.52. The number of aliphatic carboxylic acids is 1. The summed E-state index contributed by atoms with van der Waals surface area (Å²) in [5.74, 6) is 0.724. The van der Waals surface area contributed by atoms with Crippen LogP contribution >= 0.6 is 0 Å². The van der Waals surface area contributed by atoms with Crippen LogP contribution in [0.5, 0.6) is 5.75 Å². The zero-order valence-electron chi connectivity index (χ0n) is 18.1. The molecule has 0 aliphatic carbocycles. The third kappa shape index (κ3) is 6.70. The number of carbonyl (C=O) groups is 1. The lowest BCUT2D eigenvalue weighted by atomic mass is 10.1. The molecule has 4 rings (SSSR count). The van der Waals surface area contributed by atoms with Gasteiger partial charge in [0.05, 0.1) is 6.54 Å². The molecular weight excluding hydrogens is 422 g/mol. The monoisotopic (exact) mass is 447 g/mol. The Kier molecular flexibility index (Phi) is 7.36. The van der Waals surface area contributed by atoms with Crippen molar-refractivity contribution in [3.05, 3.63) is 60.2 Å². The van der Waals surface area contributed by atoms with Crippen LogP contribution in [-0.4, -0.2) is 45.7 Å². The van der Waals surface area contributed by atoms with Crippen molar-refractivity contribution in [2.45, 2.75) is 25.8 Å². The summed E-state index contributed by atoms with van der Waals surface area (Å²) in [5.41, 5.74) is 1.77. The fourth-order valence-corrected chi connectivity index (χ4v) is 3.36. The Balaban J connectivity index is 1.47. The van der Waals surface area contributed by atoms with Crippen molar-refractivity contribution in [2.24, 2.45) is 10.2 Å². The van der Waals surface area contributed by atoms with Crippen LogP contribution in [0.15, 0.2) is 64.8 Å². The second-order valence-electron chi connectivity index (χ2n) is 7.52. The van der Waals surface area contributed by atoms with E-state index >= 15 is 0 Å². The molecule has 10 nitrogen and oxygen atoms in total. The van der Waals surface area contributed by atoms with Crippen molar-refractivity contribution in [3.8, 4) is 5.75 Å². The van der Waals surface area contributed by atoms with Crippen molar-refractivity contribution in [3.63, 3.8) is 0 Å². The van der Waals surface area contributed by atoms with Crippen molar-refractivity contribution in [1.82, 2.24) is 15.0 Å². The molecule has 3 aromatic rings. The zero-order valence-corrected chi connectivity index (χ0v) is 18.1. The molecule has 0 radical (unpaired) electrons. The lowest BCUT2D eigenvalue weighted by Gasteiger charge is -2.26. The number of nitrogens with one attached hydrogen (secondary N) is 1. The van der Waals surface area contributed by atoms with Gasteiger partial charge in [-0.25, -0.2) is 4.79 Å². The molecule has 0 spiro atoms. The molecule has 1 fully saturated rings. The van der Waals surface area contributed by atoms with E-state index in [0.717, 1.165) is 37.2 Å². The van der Waals surface area contributed by atoms with E-state index in [4.69, 9.17) is 9.84 Å². The van der Waals surface area contributed by atoms with Gasteiger partial charge < -0.3 is 20.1 Å². The predicted octanol–water partition coefficient (Wildman–Crippen LogP) is 4.35. The average Bonchev–Trinajstić information content (AvgIpc) is 2.84. The van der Waals surface area contributed by atoms with E-state index in [1.54, 1.807) is 12.1 Å². The van der Waals surface area contributed by atoms with Gasteiger partial charge in [-0.2, -0.15) is 20.1 Å². The molecule has 1 aliphatic rings. The first-order chi connectivity index (χ1) is 16.2. The van der Waals surface area contributed by atoms with Gasteiger partial charge in [0.1, 0.15) is 5.75 Å². The SMILES string of the molecule is O=C(O)COc1ccc(CN=Nc2nc(Nc3ccccc3)nc(N3CCCCC3)n2)cc1. The summed E-state index contributed by atoms with van der Waals surface area (Å²) in [6, 6.07) is 16.7. The number of carboxylic acids is 1. The fourth-order valence-electron chi connectivity index (χ4n) is 3.36. The molecule has 0 saturated carbocycles. The van der Waals surface area contributed by atoms with E-state index in [1.165, 1.54) is 6.42 Å². The first-order valence-electron chi connectivity index (χ1n) is 10.8. The van der Waals surface area contributed by atoms with E-state index in [-0.39, 0.29) is 12.6 Å². The summed E-state index contributed by atoms with van der Waals surface area (Å²) >= 11 is 0. The standard InChI is InChI=1S/C23H25N7O3/c31-20(32)16-33-19-11-9-17(10-12-19)15-24-29-22-26-21(25-18-7-3-1-4-8-18)27-23(28-22)30-13-5-2-6-14-30/h1,3-4,7-12H,2,5-6,13-16H2,(H,31,32)(H,25,26,27,28). The Morgan fingerprint density at radius 1 is 1.00 bits per heavy atom. The molecular formula is C23H25N7O3. The molecule has 1 aliphatic heterocycles. The Morgan fingerprint density at radius 3 is 2.48 bits per heavy atom. The molecule has 10 heteroatoms. The Morgan fingerprint density at radius 2 is 1.76 bits per heavy atom. The molecule has 2 N–H and O–H groups in total. The van der Waals surface area contributed by atoms with Crippen LogP contribution in [0.25, 0.3) is 0 Å². The van der Waals surface area contributed by atoms with Crippen LogP contribution in [0.3, 0.4) is 0 Å². The van der Waals surface area contributed by atoms with Crippen LogP contribution in [0, 0.1) is 0 Å². The summed E-state index contributed by atoms with van der Waals surface area (Å²) in [4.78, 5) is 26.3. The quantitative estimate of drug-likeness (QED) is 0.464. The third-order valence-electron chi connectivity index (χ3n) is 4.98. The summed E-state index contributed by atoms with van der Waals surface area (Å²) < 4.78 is 5.14. The Hall–Kier alpha value is -4.08. The normalized spacial score (nSPS) is 13.8. The molecule has 2 aromatic carbocycles. The maximum atomic E-state index is 10.6. The highest BCUT2D eigenvalue weighted by molar-refractivity contribution is 5.68. The lowest BCUT2D eigenvalue weighted by molar-refractivity contribution is -0.139. The second kappa shape index (κ2) is 11.0. The molecule has 2 heterocycles. The van der Waals surface area contributed by atoms with E-state index in [0.29, 0.717) is 24.2 Å². The number of benzene rings is 2. The number of azo groups is 1. The topological polar surface area (TPSA) is 125 Å². The van der Waals surface area contributed by atoms with Gasteiger partial charge in [-0.05, 0) is 49.1 Å². The first-order valence-corrected chi connectivity index (χ1v) is 10.8. The lowest BCUT2D eigenvalue weighted by Crippen LogP contribution is -2.31. The molecule has 0 amide bonds. The molecule has 33 heavy (non-hydrogen) atoms. The van der Waals surface area contributed by atoms with Gasteiger partial charge in [-0.15, -0.1) is 5.11 Å². The molecule has 0 atom stereocenters.